The van der Waals surface area contributed by atoms with Crippen molar-refractivity contribution >= 4 is 22.8 Å². The molecule has 0 spiro atoms. The van der Waals surface area contributed by atoms with Crippen molar-refractivity contribution < 1.29 is 29.3 Å². The highest BCUT2D eigenvalue weighted by Crippen LogP contribution is 2.41. The van der Waals surface area contributed by atoms with Crippen LogP contribution in [0.25, 0.3) is 22.3 Å². The number of benzene rings is 1. The molecular formula is C24H22N2O7. The van der Waals surface area contributed by atoms with Crippen molar-refractivity contribution in [3.63, 3.8) is 0 Å². The molecule has 4 heterocycles. The van der Waals surface area contributed by atoms with Crippen LogP contribution in [-0.2, 0) is 37.8 Å². The number of aliphatic hydroxyl groups excluding tert-OH is 2. The zero-order valence-corrected chi connectivity index (χ0v) is 18.1. The van der Waals surface area contributed by atoms with E-state index in [0.29, 0.717) is 17.9 Å². The van der Waals surface area contributed by atoms with Gasteiger partial charge in [-0.1, -0.05) is 25.1 Å². The lowest BCUT2D eigenvalue weighted by atomic mass is 9.85. The van der Waals surface area contributed by atoms with Crippen molar-refractivity contribution in [3.8, 4) is 11.4 Å². The Bertz CT molecular complexity index is 1380. The number of aliphatic hydroxyl groups is 2. The van der Waals surface area contributed by atoms with Gasteiger partial charge in [0.2, 0.25) is 5.60 Å². The smallest absolute Gasteiger partial charge is 0.355 e. The van der Waals surface area contributed by atoms with E-state index in [1.807, 2.05) is 30.3 Å². The van der Waals surface area contributed by atoms with Crippen LogP contribution in [0.3, 0.4) is 0 Å². The third kappa shape index (κ3) is 3.07. The molecule has 0 saturated heterocycles. The Kier molecular flexibility index (Phi) is 4.84. The predicted molar refractivity (Wildman–Crippen MR) is 116 cm³/mol. The summed E-state index contributed by atoms with van der Waals surface area (Å²) < 4.78 is 12.3. The molecule has 1 aromatic carbocycles. The Morgan fingerprint density at radius 2 is 2.03 bits per heavy atom. The average Bonchev–Trinajstić information content (AvgIpc) is 3.16. The van der Waals surface area contributed by atoms with E-state index in [1.165, 1.54) is 6.92 Å². The first-order valence-electron chi connectivity index (χ1n) is 10.7. The molecule has 3 atom stereocenters. The number of esters is 2. The first-order valence-corrected chi connectivity index (χ1v) is 10.7. The summed E-state index contributed by atoms with van der Waals surface area (Å²) in [4.78, 5) is 43.6. The van der Waals surface area contributed by atoms with Crippen LogP contribution in [0, 0.1) is 0 Å². The summed E-state index contributed by atoms with van der Waals surface area (Å²) in [6, 6.07) is 11.2. The molecule has 9 heteroatoms. The summed E-state index contributed by atoms with van der Waals surface area (Å²) in [7, 11) is 0. The minimum Gasteiger partial charge on any atom is -0.457 e. The molecule has 2 aromatic heterocycles. The lowest BCUT2D eigenvalue weighted by Crippen LogP contribution is -2.49. The Balaban J connectivity index is 1.70. The van der Waals surface area contributed by atoms with Crippen molar-refractivity contribution in [2.75, 3.05) is 0 Å². The Hall–Kier alpha value is -3.56. The van der Waals surface area contributed by atoms with Gasteiger partial charge in [0.1, 0.15) is 6.61 Å². The number of cyclic esters (lactones) is 1. The second-order valence-electron chi connectivity index (χ2n) is 8.37. The van der Waals surface area contributed by atoms with E-state index in [4.69, 9.17) is 14.5 Å². The molecule has 0 radical (unpaired) electrons. The number of carbonyl (C=O) groups is 2. The fraction of sp³-hybridized carbons (Fsp3) is 0.333. The summed E-state index contributed by atoms with van der Waals surface area (Å²) in [6.45, 7) is 2.91. The maximum Gasteiger partial charge on any atom is 0.355 e. The van der Waals surface area contributed by atoms with Crippen molar-refractivity contribution in [2.24, 2.45) is 0 Å². The maximum absolute atomic E-state index is 13.4. The molecule has 2 aliphatic heterocycles. The third-order valence-corrected chi connectivity index (χ3v) is 6.36. The minimum absolute atomic E-state index is 0.0298. The number of hydrogen-bond donors (Lipinski definition) is 2. The van der Waals surface area contributed by atoms with Gasteiger partial charge < -0.3 is 24.3 Å². The molecule has 33 heavy (non-hydrogen) atoms. The van der Waals surface area contributed by atoms with Crippen LogP contribution in [0.4, 0.5) is 0 Å². The lowest BCUT2D eigenvalue weighted by Gasteiger charge is -2.36. The number of rotatable bonds is 4. The molecule has 0 unspecified atom stereocenters. The van der Waals surface area contributed by atoms with Crippen LogP contribution in [0.5, 0.6) is 0 Å². The van der Waals surface area contributed by atoms with Gasteiger partial charge in [-0.15, -0.1) is 0 Å². The average molecular weight is 450 g/mol. The van der Waals surface area contributed by atoms with Crippen molar-refractivity contribution in [2.45, 2.75) is 51.2 Å². The zero-order chi connectivity index (χ0) is 23.5. The number of aromatic nitrogens is 2. The van der Waals surface area contributed by atoms with Gasteiger partial charge in [0.25, 0.3) is 5.56 Å². The molecular weight excluding hydrogens is 428 g/mol. The second kappa shape index (κ2) is 7.50. The van der Waals surface area contributed by atoms with Gasteiger partial charge in [-0.3, -0.25) is 4.79 Å². The number of pyridine rings is 2. The number of ether oxygens (including phenoxy) is 2. The van der Waals surface area contributed by atoms with E-state index in [9.17, 15) is 24.6 Å². The molecule has 2 aliphatic rings. The molecule has 5 rings (SSSR count). The van der Waals surface area contributed by atoms with Crippen molar-refractivity contribution in [1.29, 1.82) is 0 Å². The van der Waals surface area contributed by atoms with E-state index in [2.05, 4.69) is 0 Å². The standard InChI is InChI=1S/C24H22N2O7/c1-3-24(33-22(30)20(28)12(2)27)16-9-18-19-14(8-13-6-4-5-7-17(13)25-19)10-26(18)21(29)15(16)11-32-23(24)31/h4-9,12,20,27-28H,3,10-11H2,1-2H3/t12-,20+,24-/m0/s1. The Morgan fingerprint density at radius 1 is 1.27 bits per heavy atom. The molecule has 0 amide bonds. The first kappa shape index (κ1) is 21.3. The fourth-order valence-electron chi connectivity index (χ4n) is 4.51. The van der Waals surface area contributed by atoms with Crippen molar-refractivity contribution in [3.05, 3.63) is 63.4 Å². The molecule has 0 bridgehead atoms. The Morgan fingerprint density at radius 3 is 2.76 bits per heavy atom. The number of para-hydroxylation sites is 1. The van der Waals surface area contributed by atoms with Crippen LogP contribution < -0.4 is 5.56 Å². The van der Waals surface area contributed by atoms with Crippen LogP contribution in [-0.4, -0.2) is 43.9 Å². The SMILES string of the molecule is CC[C@@]1(OC(=O)[C@H](O)[C@H](C)O)C(=O)OCc2c1cc1n(c2=O)Cc2cc3ccccc3nc2-1. The summed E-state index contributed by atoms with van der Waals surface area (Å²) in [5.41, 5.74) is 0.901. The largest absolute Gasteiger partial charge is 0.457 e. The van der Waals surface area contributed by atoms with Crippen molar-refractivity contribution in [1.82, 2.24) is 9.55 Å². The second-order valence-corrected chi connectivity index (χ2v) is 8.37. The van der Waals surface area contributed by atoms with Gasteiger partial charge in [-0.25, -0.2) is 14.6 Å². The van der Waals surface area contributed by atoms with Gasteiger partial charge in [-0.2, -0.15) is 0 Å². The molecule has 170 valence electrons. The highest BCUT2D eigenvalue weighted by molar-refractivity contribution is 5.89. The zero-order valence-electron chi connectivity index (χ0n) is 18.1. The molecule has 0 fully saturated rings. The van der Waals surface area contributed by atoms with E-state index in [0.717, 1.165) is 16.5 Å². The van der Waals surface area contributed by atoms with E-state index < -0.39 is 29.7 Å². The third-order valence-electron chi connectivity index (χ3n) is 6.36. The maximum atomic E-state index is 13.4. The van der Waals surface area contributed by atoms with E-state index >= 15 is 0 Å². The van der Waals surface area contributed by atoms with Gasteiger partial charge in [0.05, 0.1) is 35.1 Å². The number of nitrogens with zero attached hydrogens (tertiary/aromatic N) is 2. The molecule has 2 N–H and O–H groups in total. The summed E-state index contributed by atoms with van der Waals surface area (Å²) in [5.74, 6) is -2.01. The fourth-order valence-corrected chi connectivity index (χ4v) is 4.51. The highest BCUT2D eigenvalue weighted by atomic mass is 16.6. The molecule has 9 nitrogen and oxygen atoms in total. The summed E-state index contributed by atoms with van der Waals surface area (Å²) in [5, 5.41) is 20.5. The molecule has 0 saturated carbocycles. The van der Waals surface area contributed by atoms with Gasteiger partial charge in [0.15, 0.2) is 6.10 Å². The van der Waals surface area contributed by atoms with Gasteiger partial charge >= 0.3 is 11.9 Å². The first-order chi connectivity index (χ1) is 15.8. The highest BCUT2D eigenvalue weighted by Gasteiger charge is 2.51. The van der Waals surface area contributed by atoms with Crippen LogP contribution >= 0.6 is 0 Å². The van der Waals surface area contributed by atoms with Gasteiger partial charge in [-0.05, 0) is 31.5 Å². The molecule has 3 aromatic rings. The quantitative estimate of drug-likeness (QED) is 0.446. The topological polar surface area (TPSA) is 128 Å². The van der Waals surface area contributed by atoms with Crippen LogP contribution in [0.1, 0.15) is 37.0 Å². The lowest BCUT2D eigenvalue weighted by molar-refractivity contribution is -0.197. The monoisotopic (exact) mass is 450 g/mol. The number of hydrogen-bond acceptors (Lipinski definition) is 8. The van der Waals surface area contributed by atoms with Crippen LogP contribution in [0.2, 0.25) is 0 Å². The predicted octanol–water partition coefficient (Wildman–Crippen LogP) is 1.37. The van der Waals surface area contributed by atoms with E-state index in [-0.39, 0.29) is 29.7 Å². The van der Waals surface area contributed by atoms with Crippen LogP contribution in [0.15, 0.2) is 41.2 Å². The summed E-state index contributed by atoms with van der Waals surface area (Å²) >= 11 is 0. The minimum atomic E-state index is -1.92. The number of fused-ring (bicyclic) bond motifs is 5. The van der Waals surface area contributed by atoms with E-state index in [1.54, 1.807) is 17.6 Å². The van der Waals surface area contributed by atoms with Gasteiger partial charge in [0, 0.05) is 16.5 Å². The number of carbonyl (C=O) groups excluding carboxylic acids is 2. The molecule has 0 aliphatic carbocycles. The summed E-state index contributed by atoms with van der Waals surface area (Å²) in [6.07, 6.45) is -3.28. The normalized spacial score (nSPS) is 20.4. The Labute approximate surface area is 188 Å².